The highest BCUT2D eigenvalue weighted by Gasteiger charge is 2.23. The number of halogens is 1. The van der Waals surface area contributed by atoms with E-state index in [2.05, 4.69) is 4.98 Å². The third kappa shape index (κ3) is 2.27. The van der Waals surface area contributed by atoms with Crippen molar-refractivity contribution in [3.63, 3.8) is 0 Å². The Morgan fingerprint density at radius 3 is 2.79 bits per heavy atom. The average molecular weight is 259 g/mol. The highest BCUT2D eigenvalue weighted by atomic mass is 19.1. The fourth-order valence-electron chi connectivity index (χ4n) is 1.90. The van der Waals surface area contributed by atoms with Crippen molar-refractivity contribution in [2.45, 2.75) is 6.10 Å². The van der Waals surface area contributed by atoms with Gasteiger partial charge in [-0.05, 0) is 29.8 Å². The molecule has 4 nitrogen and oxygen atoms in total. The lowest BCUT2D eigenvalue weighted by molar-refractivity contribution is 0.0830. The van der Waals surface area contributed by atoms with Gasteiger partial charge in [0.05, 0.1) is 5.56 Å². The third-order valence-corrected chi connectivity index (χ3v) is 2.89. The first kappa shape index (κ1) is 11.6. The number of carbonyl (C=O) groups excluding carboxylic acids is 1. The molecule has 1 aliphatic heterocycles. The summed E-state index contributed by atoms with van der Waals surface area (Å²) in [7, 11) is 0. The van der Waals surface area contributed by atoms with Crippen LogP contribution in [-0.4, -0.2) is 17.6 Å². The molecule has 5 heteroatoms. The van der Waals surface area contributed by atoms with Gasteiger partial charge in [-0.2, -0.15) is 4.39 Å². The maximum atomic E-state index is 12.5. The van der Waals surface area contributed by atoms with Gasteiger partial charge >= 0.3 is 6.04 Å². The van der Waals surface area contributed by atoms with Crippen molar-refractivity contribution in [2.24, 2.45) is 0 Å². The van der Waals surface area contributed by atoms with Crippen molar-refractivity contribution in [3.8, 4) is 11.6 Å². The lowest BCUT2D eigenvalue weighted by Gasteiger charge is -2.25. The van der Waals surface area contributed by atoms with Gasteiger partial charge in [0.25, 0.3) is 5.88 Å². The number of rotatable bonds is 2. The summed E-state index contributed by atoms with van der Waals surface area (Å²) >= 11 is 0. The predicted octanol–water partition coefficient (Wildman–Crippen LogP) is 2.70. The number of carbonyl (C=O) groups is 1. The maximum Gasteiger partial charge on any atom is 0.332 e. The molecule has 19 heavy (non-hydrogen) atoms. The first-order valence-corrected chi connectivity index (χ1v) is 5.78. The Labute approximate surface area is 108 Å². The summed E-state index contributed by atoms with van der Waals surface area (Å²) in [6.45, 7) is 0.349. The summed E-state index contributed by atoms with van der Waals surface area (Å²) in [5.74, 6) is 1.04. The molecule has 0 amide bonds. The predicted molar refractivity (Wildman–Crippen MR) is 65.0 cm³/mol. The zero-order valence-corrected chi connectivity index (χ0v) is 9.88. The quantitative estimate of drug-likeness (QED) is 0.778. The second kappa shape index (κ2) is 4.68. The molecule has 1 aliphatic rings. The van der Waals surface area contributed by atoms with Crippen LogP contribution >= 0.6 is 0 Å². The monoisotopic (exact) mass is 259 g/mol. The van der Waals surface area contributed by atoms with E-state index < -0.39 is 6.04 Å². The first-order chi connectivity index (χ1) is 9.24. The molecular formula is C14H10FNO3. The third-order valence-electron chi connectivity index (χ3n) is 2.89. The van der Waals surface area contributed by atoms with Gasteiger partial charge in [-0.3, -0.25) is 4.79 Å². The highest BCUT2D eigenvalue weighted by molar-refractivity contribution is 5.88. The van der Waals surface area contributed by atoms with Crippen LogP contribution in [0.3, 0.4) is 0 Å². The number of pyridine rings is 1. The summed E-state index contributed by atoms with van der Waals surface area (Å²) in [6, 6.07) is 8.25. The molecule has 1 atom stereocenters. The van der Waals surface area contributed by atoms with Crippen LogP contribution in [0, 0.1) is 0 Å². The number of fused-ring (bicyclic) bond motifs is 1. The SMILES string of the molecule is O=C(F)c1ccc([C@H]2COc3cccnc3O2)cc1. The second-order valence-corrected chi connectivity index (χ2v) is 4.12. The average Bonchev–Trinajstić information content (AvgIpc) is 2.47. The molecule has 2 heterocycles. The normalized spacial score (nSPS) is 17.0. The van der Waals surface area contributed by atoms with Gasteiger partial charge in [0.1, 0.15) is 6.61 Å². The number of aromatic nitrogens is 1. The Kier molecular flexibility index (Phi) is 2.87. The van der Waals surface area contributed by atoms with Gasteiger partial charge in [-0.1, -0.05) is 12.1 Å². The molecule has 0 aliphatic carbocycles. The molecule has 0 unspecified atom stereocenters. The molecule has 0 spiro atoms. The van der Waals surface area contributed by atoms with E-state index in [4.69, 9.17) is 9.47 Å². The molecule has 1 aromatic carbocycles. The Hall–Kier alpha value is -2.43. The number of nitrogens with zero attached hydrogens (tertiary/aromatic N) is 1. The summed E-state index contributed by atoms with van der Waals surface area (Å²) in [5.41, 5.74) is 0.834. The summed E-state index contributed by atoms with van der Waals surface area (Å²) in [4.78, 5) is 14.6. The molecule has 3 rings (SSSR count). The van der Waals surface area contributed by atoms with Gasteiger partial charge in [0, 0.05) is 6.20 Å². The van der Waals surface area contributed by atoms with Gasteiger partial charge in [0.15, 0.2) is 11.9 Å². The second-order valence-electron chi connectivity index (χ2n) is 4.12. The van der Waals surface area contributed by atoms with Crippen LogP contribution in [0.25, 0.3) is 0 Å². The largest absolute Gasteiger partial charge is 0.484 e. The number of benzene rings is 1. The lowest BCUT2D eigenvalue weighted by Crippen LogP contribution is -2.22. The lowest BCUT2D eigenvalue weighted by atomic mass is 10.1. The molecule has 1 aromatic heterocycles. The van der Waals surface area contributed by atoms with Crippen molar-refractivity contribution in [2.75, 3.05) is 6.61 Å². The van der Waals surface area contributed by atoms with Crippen LogP contribution in [0.2, 0.25) is 0 Å². The number of hydrogen-bond donors (Lipinski definition) is 0. The fourth-order valence-corrected chi connectivity index (χ4v) is 1.90. The van der Waals surface area contributed by atoms with Gasteiger partial charge in [-0.25, -0.2) is 4.98 Å². The zero-order valence-electron chi connectivity index (χ0n) is 9.88. The van der Waals surface area contributed by atoms with Crippen molar-refractivity contribution in [1.29, 1.82) is 0 Å². The van der Waals surface area contributed by atoms with Crippen LogP contribution in [0.5, 0.6) is 11.6 Å². The van der Waals surface area contributed by atoms with Crippen LogP contribution in [0.1, 0.15) is 22.0 Å². The zero-order chi connectivity index (χ0) is 13.2. The molecule has 0 fully saturated rings. The van der Waals surface area contributed by atoms with E-state index in [9.17, 15) is 9.18 Å². The Balaban J connectivity index is 1.83. The van der Waals surface area contributed by atoms with Crippen molar-refractivity contribution in [3.05, 3.63) is 53.7 Å². The Bertz CT molecular complexity index is 612. The van der Waals surface area contributed by atoms with E-state index in [0.29, 0.717) is 18.2 Å². The number of hydrogen-bond acceptors (Lipinski definition) is 4. The fraction of sp³-hybridized carbons (Fsp3) is 0.143. The van der Waals surface area contributed by atoms with E-state index >= 15 is 0 Å². The Morgan fingerprint density at radius 2 is 2.05 bits per heavy atom. The van der Waals surface area contributed by atoms with E-state index in [0.717, 1.165) is 5.56 Å². The van der Waals surface area contributed by atoms with Gasteiger partial charge in [0.2, 0.25) is 0 Å². The van der Waals surface area contributed by atoms with E-state index in [1.165, 1.54) is 12.1 Å². The Morgan fingerprint density at radius 1 is 1.26 bits per heavy atom. The van der Waals surface area contributed by atoms with Gasteiger partial charge < -0.3 is 9.47 Å². The van der Waals surface area contributed by atoms with Crippen LogP contribution in [0.15, 0.2) is 42.6 Å². The molecule has 0 radical (unpaired) electrons. The molecule has 0 bridgehead atoms. The van der Waals surface area contributed by atoms with Crippen molar-refractivity contribution < 1.29 is 18.7 Å². The van der Waals surface area contributed by atoms with E-state index in [1.54, 1.807) is 30.5 Å². The topological polar surface area (TPSA) is 48.4 Å². The first-order valence-electron chi connectivity index (χ1n) is 5.78. The van der Waals surface area contributed by atoms with E-state index in [1.807, 2.05) is 0 Å². The van der Waals surface area contributed by atoms with Crippen LogP contribution in [-0.2, 0) is 0 Å². The highest BCUT2D eigenvalue weighted by Crippen LogP contribution is 2.33. The smallest absolute Gasteiger partial charge is 0.332 e. The van der Waals surface area contributed by atoms with Gasteiger partial charge in [-0.15, -0.1) is 0 Å². The molecule has 2 aromatic rings. The van der Waals surface area contributed by atoms with Crippen molar-refractivity contribution in [1.82, 2.24) is 4.98 Å². The molecule has 0 saturated carbocycles. The standard InChI is InChI=1S/C14H10FNO3/c15-13(17)10-5-3-9(4-6-10)12-8-18-11-2-1-7-16-14(11)19-12/h1-7,12H,8H2/t12-/m1/s1. The van der Waals surface area contributed by atoms with E-state index in [-0.39, 0.29) is 11.7 Å². The minimum Gasteiger partial charge on any atom is -0.484 e. The van der Waals surface area contributed by atoms with Crippen LogP contribution in [0.4, 0.5) is 4.39 Å². The molecule has 0 N–H and O–H groups in total. The van der Waals surface area contributed by atoms with Crippen molar-refractivity contribution >= 4 is 6.04 Å². The summed E-state index contributed by atoms with van der Waals surface area (Å²) in [6.07, 6.45) is 1.31. The summed E-state index contributed by atoms with van der Waals surface area (Å²) in [5, 5.41) is 0. The molecule has 0 saturated heterocycles. The summed E-state index contributed by atoms with van der Waals surface area (Å²) < 4.78 is 23.7. The maximum absolute atomic E-state index is 12.5. The van der Waals surface area contributed by atoms with Crippen LogP contribution < -0.4 is 9.47 Å². The molecule has 96 valence electrons. The molecular weight excluding hydrogens is 249 g/mol. The minimum absolute atomic E-state index is 0.0269. The number of ether oxygens (including phenoxy) is 2. The minimum atomic E-state index is -1.45.